The minimum atomic E-state index is -4.54. The molecule has 0 aliphatic heterocycles. The summed E-state index contributed by atoms with van der Waals surface area (Å²) in [5.74, 6) is -0.375. The Morgan fingerprint density at radius 3 is 1.54 bits per heavy atom. The van der Waals surface area contributed by atoms with Gasteiger partial charge in [0.05, 0.1) is 34.4 Å². The van der Waals surface area contributed by atoms with Crippen molar-refractivity contribution in [2.75, 3.05) is 54.1 Å². The van der Waals surface area contributed by atoms with Gasteiger partial charge in [0.15, 0.2) is 0 Å². The normalized spacial score (nSPS) is 14.3. The largest absolute Gasteiger partial charge is 0.756 e. The highest BCUT2D eigenvalue weighted by Gasteiger charge is 2.20. The molecule has 0 radical (unpaired) electrons. The fourth-order valence-corrected chi connectivity index (χ4v) is 6.73. The maximum atomic E-state index is 12.7. The van der Waals surface area contributed by atoms with Crippen LogP contribution < -0.4 is 4.89 Å². The first-order chi connectivity index (χ1) is 27.6. The summed E-state index contributed by atoms with van der Waals surface area (Å²) in [4.78, 5) is 25.0. The van der Waals surface area contributed by atoms with Gasteiger partial charge in [-0.25, -0.2) is 0 Å². The number of quaternary nitrogens is 1. The molecule has 0 fully saturated rings. The highest BCUT2D eigenvalue weighted by atomic mass is 31.2. The molecule has 0 aromatic heterocycles. The molecule has 0 heterocycles. The van der Waals surface area contributed by atoms with Crippen molar-refractivity contribution < 1.29 is 37.3 Å². The predicted octanol–water partition coefficient (Wildman–Crippen LogP) is 13.1. The number of carbonyl (C=O) groups is 1. The Labute approximate surface area is 351 Å². The van der Waals surface area contributed by atoms with E-state index in [1.165, 1.54) is 103 Å². The van der Waals surface area contributed by atoms with Gasteiger partial charge in [-0.05, 0) is 77.0 Å². The van der Waals surface area contributed by atoms with Crippen molar-refractivity contribution in [3.05, 3.63) is 60.8 Å². The lowest BCUT2D eigenvalue weighted by Crippen LogP contribution is -2.37. The quantitative estimate of drug-likeness (QED) is 0.0199. The second kappa shape index (κ2) is 41.0. The number of ether oxygens (including phenoxy) is 2. The van der Waals surface area contributed by atoms with Crippen LogP contribution in [0.25, 0.3) is 0 Å². The fraction of sp³-hybridized carbons (Fsp3) is 0.771. The standard InChI is InChI=1S/C48H88NO7P/c1-6-8-10-12-14-16-18-20-22-23-24-25-26-28-30-32-34-36-38-40-43-53-45-47(46-55-57(51,52)54-44-42-49(3,4)5)56-48(50)41-39-37-35-33-31-29-27-21-19-17-15-13-11-9-7-2/h9,11,15,17,20-22,27,31,33,47H,6-8,10,12-14,16,18-19,23-26,28-30,32,34-46H2,1-5H3/b11-9-,17-15-,22-20-,27-21-,33-31-. The van der Waals surface area contributed by atoms with Crippen molar-refractivity contribution >= 4 is 13.8 Å². The Bertz CT molecular complexity index is 1090. The molecule has 0 aromatic carbocycles. The van der Waals surface area contributed by atoms with E-state index >= 15 is 0 Å². The molecule has 0 aliphatic carbocycles. The predicted molar refractivity (Wildman–Crippen MR) is 240 cm³/mol. The molecule has 0 amide bonds. The summed E-state index contributed by atoms with van der Waals surface area (Å²) in [5, 5.41) is 0. The number of rotatable bonds is 42. The van der Waals surface area contributed by atoms with E-state index in [1.54, 1.807) is 0 Å². The first-order valence-electron chi connectivity index (χ1n) is 23.0. The molecule has 0 N–H and O–H groups in total. The molecular formula is C48H88NO7P. The van der Waals surface area contributed by atoms with Crippen LogP contribution in [0.2, 0.25) is 0 Å². The monoisotopic (exact) mass is 822 g/mol. The van der Waals surface area contributed by atoms with Gasteiger partial charge in [0.1, 0.15) is 19.3 Å². The third-order valence-corrected chi connectivity index (χ3v) is 10.5. The third kappa shape index (κ3) is 45.1. The minimum absolute atomic E-state index is 0.0156. The van der Waals surface area contributed by atoms with Crippen LogP contribution in [0, 0.1) is 0 Å². The average Bonchev–Trinajstić information content (AvgIpc) is 3.16. The van der Waals surface area contributed by atoms with Crippen LogP contribution in [-0.2, 0) is 27.9 Å². The number of unbranched alkanes of at least 4 members (excludes halogenated alkanes) is 18. The Morgan fingerprint density at radius 1 is 0.561 bits per heavy atom. The maximum Gasteiger partial charge on any atom is 0.306 e. The van der Waals surface area contributed by atoms with Crippen molar-refractivity contribution in [1.82, 2.24) is 0 Å². The summed E-state index contributed by atoms with van der Waals surface area (Å²) in [7, 11) is 1.32. The molecule has 8 nitrogen and oxygen atoms in total. The van der Waals surface area contributed by atoms with E-state index in [1.807, 2.05) is 21.1 Å². The number of likely N-dealkylation sites (N-methyl/N-ethyl adjacent to an activating group) is 1. The van der Waals surface area contributed by atoms with Gasteiger partial charge in [0.2, 0.25) is 0 Å². The van der Waals surface area contributed by atoms with Gasteiger partial charge in [-0.3, -0.25) is 9.36 Å². The summed E-state index contributed by atoms with van der Waals surface area (Å²) < 4.78 is 34.6. The zero-order valence-electron chi connectivity index (χ0n) is 37.5. The molecule has 0 aliphatic rings. The summed E-state index contributed by atoms with van der Waals surface area (Å²) in [6, 6.07) is 0. The Balaban J connectivity index is 4.24. The molecule has 0 bridgehead atoms. The average molecular weight is 822 g/mol. The van der Waals surface area contributed by atoms with Crippen LogP contribution in [0.15, 0.2) is 60.8 Å². The molecule has 332 valence electrons. The summed E-state index contributed by atoms with van der Waals surface area (Å²) in [6.07, 6.45) is 51.0. The van der Waals surface area contributed by atoms with Gasteiger partial charge in [-0.1, -0.05) is 158 Å². The number of hydrogen-bond acceptors (Lipinski definition) is 7. The van der Waals surface area contributed by atoms with Crippen molar-refractivity contribution in [2.24, 2.45) is 0 Å². The molecular weight excluding hydrogens is 734 g/mol. The molecule has 0 aromatic rings. The van der Waals surface area contributed by atoms with Crippen LogP contribution in [0.5, 0.6) is 0 Å². The van der Waals surface area contributed by atoms with E-state index in [9.17, 15) is 14.3 Å². The van der Waals surface area contributed by atoms with E-state index in [0.29, 0.717) is 24.1 Å². The van der Waals surface area contributed by atoms with Crippen LogP contribution in [0.4, 0.5) is 0 Å². The Morgan fingerprint density at radius 2 is 1.02 bits per heavy atom. The van der Waals surface area contributed by atoms with Crippen molar-refractivity contribution in [1.29, 1.82) is 0 Å². The number of esters is 1. The minimum Gasteiger partial charge on any atom is -0.756 e. The number of allylic oxidation sites excluding steroid dienone is 10. The van der Waals surface area contributed by atoms with E-state index < -0.39 is 13.9 Å². The van der Waals surface area contributed by atoms with Gasteiger partial charge in [0.25, 0.3) is 7.82 Å². The fourth-order valence-electron chi connectivity index (χ4n) is 6.00. The number of nitrogens with zero attached hydrogens (tertiary/aromatic N) is 1. The van der Waals surface area contributed by atoms with Crippen LogP contribution in [0.3, 0.4) is 0 Å². The smallest absolute Gasteiger partial charge is 0.306 e. The lowest BCUT2D eigenvalue weighted by atomic mass is 10.1. The number of carbonyl (C=O) groups excluding carboxylic acids is 1. The van der Waals surface area contributed by atoms with E-state index in [2.05, 4.69) is 74.6 Å². The first kappa shape index (κ1) is 55.2. The molecule has 2 atom stereocenters. The molecule has 0 saturated carbocycles. The van der Waals surface area contributed by atoms with Gasteiger partial charge in [0, 0.05) is 13.0 Å². The van der Waals surface area contributed by atoms with Crippen LogP contribution in [0.1, 0.15) is 181 Å². The lowest BCUT2D eigenvalue weighted by Gasteiger charge is -2.28. The van der Waals surface area contributed by atoms with Gasteiger partial charge in [-0.2, -0.15) is 0 Å². The second-order valence-corrected chi connectivity index (χ2v) is 17.8. The van der Waals surface area contributed by atoms with E-state index in [0.717, 1.165) is 51.4 Å². The summed E-state index contributed by atoms with van der Waals surface area (Å²) in [5.41, 5.74) is 0. The van der Waals surface area contributed by atoms with Crippen molar-refractivity contribution in [3.63, 3.8) is 0 Å². The van der Waals surface area contributed by atoms with Crippen LogP contribution in [-0.4, -0.2) is 70.7 Å². The topological polar surface area (TPSA) is 94.1 Å². The molecule has 0 saturated heterocycles. The van der Waals surface area contributed by atoms with Crippen LogP contribution >= 0.6 is 7.82 Å². The summed E-state index contributed by atoms with van der Waals surface area (Å²) >= 11 is 0. The molecule has 0 rings (SSSR count). The number of phosphoric ester groups is 1. The van der Waals surface area contributed by atoms with E-state index in [4.69, 9.17) is 18.5 Å². The molecule has 57 heavy (non-hydrogen) atoms. The SMILES string of the molecule is CC/C=C\C/C=C\C/C=C\C/C=C\CCCCC(=O)OC(COCCCCCCCCCCCC/C=C\CCCCCCCC)COP(=O)([O-])OCC[N+](C)(C)C. The molecule has 9 heteroatoms. The highest BCUT2D eigenvalue weighted by molar-refractivity contribution is 7.45. The van der Waals surface area contributed by atoms with Crippen molar-refractivity contribution in [3.8, 4) is 0 Å². The Kier molecular flexibility index (Phi) is 39.7. The Hall–Kier alpha value is -1.80. The third-order valence-electron chi connectivity index (χ3n) is 9.55. The number of phosphoric acid groups is 1. The zero-order chi connectivity index (χ0) is 42.0. The molecule has 0 spiro atoms. The number of hydrogen-bond donors (Lipinski definition) is 0. The van der Waals surface area contributed by atoms with E-state index in [-0.39, 0.29) is 32.2 Å². The molecule has 2 unspecified atom stereocenters. The van der Waals surface area contributed by atoms with Gasteiger partial charge in [-0.15, -0.1) is 0 Å². The lowest BCUT2D eigenvalue weighted by molar-refractivity contribution is -0.870. The van der Waals surface area contributed by atoms with Gasteiger partial charge < -0.3 is 27.9 Å². The second-order valence-electron chi connectivity index (χ2n) is 16.4. The summed E-state index contributed by atoms with van der Waals surface area (Å²) in [6.45, 7) is 5.23. The maximum absolute atomic E-state index is 12.7. The van der Waals surface area contributed by atoms with Gasteiger partial charge >= 0.3 is 5.97 Å². The highest BCUT2D eigenvalue weighted by Crippen LogP contribution is 2.38. The first-order valence-corrected chi connectivity index (χ1v) is 24.5. The van der Waals surface area contributed by atoms with Crippen molar-refractivity contribution in [2.45, 2.75) is 187 Å². The zero-order valence-corrected chi connectivity index (χ0v) is 38.4.